The summed E-state index contributed by atoms with van der Waals surface area (Å²) in [6, 6.07) is 4.52. The number of rotatable bonds is 5. The van der Waals surface area contributed by atoms with Gasteiger partial charge in [0.1, 0.15) is 5.54 Å². The fourth-order valence-electron chi connectivity index (χ4n) is 4.94. The van der Waals surface area contributed by atoms with Crippen molar-refractivity contribution in [2.75, 3.05) is 24.5 Å². The van der Waals surface area contributed by atoms with Crippen LogP contribution in [0.2, 0.25) is 0 Å². The molecule has 2 aliphatic heterocycles. The van der Waals surface area contributed by atoms with E-state index >= 15 is 0 Å². The van der Waals surface area contributed by atoms with Crippen LogP contribution in [0.3, 0.4) is 0 Å². The Labute approximate surface area is 182 Å². The van der Waals surface area contributed by atoms with Gasteiger partial charge < -0.3 is 10.2 Å². The zero-order chi connectivity index (χ0) is 22.4. The molecule has 1 saturated carbocycles. The summed E-state index contributed by atoms with van der Waals surface area (Å²) in [7, 11) is -3.55. The van der Waals surface area contributed by atoms with Gasteiger partial charge in [0.05, 0.1) is 4.90 Å². The van der Waals surface area contributed by atoms with E-state index in [-0.39, 0.29) is 22.6 Å². The summed E-state index contributed by atoms with van der Waals surface area (Å²) in [5.41, 5.74) is 0.733. The van der Waals surface area contributed by atoms with Crippen LogP contribution in [0.1, 0.15) is 45.1 Å². The van der Waals surface area contributed by atoms with Crippen molar-refractivity contribution in [1.29, 1.82) is 0 Å². The van der Waals surface area contributed by atoms with Crippen LogP contribution in [0, 0.1) is 5.92 Å². The number of carbonyl (C=O) groups is 3. The molecule has 2 fully saturated rings. The molecular weight excluding hydrogens is 420 g/mol. The van der Waals surface area contributed by atoms with E-state index in [1.165, 1.54) is 4.31 Å². The van der Waals surface area contributed by atoms with Crippen LogP contribution in [0.25, 0.3) is 0 Å². The van der Waals surface area contributed by atoms with Gasteiger partial charge in [0.2, 0.25) is 15.9 Å². The van der Waals surface area contributed by atoms with Gasteiger partial charge in [0, 0.05) is 31.2 Å². The van der Waals surface area contributed by atoms with Gasteiger partial charge >= 0.3 is 6.03 Å². The number of amides is 4. The standard InChI is InChI=1S/C21H28N4O5S/c1-3-24(4-2)31(29,30)16-5-6-17-15(13-16)9-12-25(17)18(26)14-7-10-21(11-8-14)19(27)22-20(28)23-21/h5-6,13-14H,3-4,7-12H2,1-2H3,(H2,22,23,27,28). The van der Waals surface area contributed by atoms with Crippen molar-refractivity contribution in [1.82, 2.24) is 14.9 Å². The molecule has 0 aromatic heterocycles. The van der Waals surface area contributed by atoms with Gasteiger partial charge in [0.15, 0.2) is 0 Å². The van der Waals surface area contributed by atoms with Crippen molar-refractivity contribution in [3.05, 3.63) is 23.8 Å². The Morgan fingerprint density at radius 3 is 2.45 bits per heavy atom. The third-order valence-corrected chi connectivity index (χ3v) is 8.80. The van der Waals surface area contributed by atoms with Crippen molar-refractivity contribution < 1.29 is 22.8 Å². The summed E-state index contributed by atoms with van der Waals surface area (Å²) >= 11 is 0. The lowest BCUT2D eigenvalue weighted by Crippen LogP contribution is -2.51. The summed E-state index contributed by atoms with van der Waals surface area (Å²) in [6.45, 7) is 4.94. The maximum absolute atomic E-state index is 13.2. The van der Waals surface area contributed by atoms with Crippen molar-refractivity contribution in [2.45, 2.75) is 56.4 Å². The van der Waals surface area contributed by atoms with Gasteiger partial charge in [-0.3, -0.25) is 14.9 Å². The Balaban J connectivity index is 1.48. The molecule has 10 heteroatoms. The van der Waals surface area contributed by atoms with Crippen LogP contribution in [0.15, 0.2) is 23.1 Å². The summed E-state index contributed by atoms with van der Waals surface area (Å²) in [6.07, 6.45) is 2.52. The van der Waals surface area contributed by atoms with E-state index in [1.807, 2.05) is 13.8 Å². The number of hydrogen-bond donors (Lipinski definition) is 2. The average Bonchev–Trinajstić information content (AvgIpc) is 3.28. The second kappa shape index (κ2) is 7.90. The number of nitrogens with one attached hydrogen (secondary N) is 2. The first-order valence-electron chi connectivity index (χ1n) is 10.8. The maximum Gasteiger partial charge on any atom is 0.322 e. The number of urea groups is 1. The molecule has 31 heavy (non-hydrogen) atoms. The van der Waals surface area contributed by atoms with E-state index in [2.05, 4.69) is 10.6 Å². The molecule has 9 nitrogen and oxygen atoms in total. The van der Waals surface area contributed by atoms with Gasteiger partial charge in [-0.25, -0.2) is 13.2 Å². The molecule has 0 radical (unpaired) electrons. The second-order valence-electron chi connectivity index (χ2n) is 8.38. The maximum atomic E-state index is 13.2. The predicted octanol–water partition coefficient (Wildman–Crippen LogP) is 1.37. The van der Waals surface area contributed by atoms with Gasteiger partial charge in [-0.2, -0.15) is 4.31 Å². The molecule has 1 aliphatic carbocycles. The van der Waals surface area contributed by atoms with E-state index in [4.69, 9.17) is 0 Å². The Morgan fingerprint density at radius 1 is 1.19 bits per heavy atom. The number of carbonyl (C=O) groups excluding carboxylic acids is 3. The lowest BCUT2D eigenvalue weighted by atomic mass is 9.76. The number of imide groups is 1. The normalized spacial score (nSPS) is 25.6. The highest BCUT2D eigenvalue weighted by molar-refractivity contribution is 7.89. The zero-order valence-electron chi connectivity index (χ0n) is 17.8. The van der Waals surface area contributed by atoms with Crippen LogP contribution in [0.4, 0.5) is 10.5 Å². The summed E-state index contributed by atoms with van der Waals surface area (Å²) < 4.78 is 27.0. The molecule has 2 N–H and O–H groups in total. The molecule has 4 amide bonds. The van der Waals surface area contributed by atoms with Crippen molar-refractivity contribution in [3.63, 3.8) is 0 Å². The summed E-state index contributed by atoms with van der Waals surface area (Å²) in [5, 5.41) is 5.00. The largest absolute Gasteiger partial charge is 0.323 e. The lowest BCUT2D eigenvalue weighted by molar-refractivity contribution is -0.129. The van der Waals surface area contributed by atoms with Gasteiger partial charge in [0.25, 0.3) is 5.91 Å². The summed E-state index contributed by atoms with van der Waals surface area (Å²) in [4.78, 5) is 38.8. The lowest BCUT2D eigenvalue weighted by Gasteiger charge is -2.35. The van der Waals surface area contributed by atoms with Gasteiger partial charge in [-0.15, -0.1) is 0 Å². The molecule has 3 aliphatic rings. The summed E-state index contributed by atoms with van der Waals surface area (Å²) in [5.74, 6) is -0.532. The first-order chi connectivity index (χ1) is 14.7. The molecule has 1 saturated heterocycles. The number of benzene rings is 1. The van der Waals surface area contributed by atoms with Crippen LogP contribution < -0.4 is 15.5 Å². The van der Waals surface area contributed by atoms with Crippen LogP contribution in [0.5, 0.6) is 0 Å². The minimum absolute atomic E-state index is 0.00215. The van der Waals surface area contributed by atoms with E-state index < -0.39 is 21.6 Å². The zero-order valence-corrected chi connectivity index (χ0v) is 18.6. The number of fused-ring (bicyclic) bond motifs is 1. The van der Waals surface area contributed by atoms with Crippen molar-refractivity contribution in [3.8, 4) is 0 Å². The van der Waals surface area contributed by atoms with E-state index in [0.717, 1.165) is 11.3 Å². The van der Waals surface area contributed by atoms with E-state index in [9.17, 15) is 22.8 Å². The molecule has 1 aromatic rings. The van der Waals surface area contributed by atoms with E-state index in [0.29, 0.717) is 51.7 Å². The molecule has 0 bridgehead atoms. The fraction of sp³-hybridized carbons (Fsp3) is 0.571. The van der Waals surface area contributed by atoms with Crippen LogP contribution in [-0.4, -0.2) is 55.7 Å². The fourth-order valence-corrected chi connectivity index (χ4v) is 6.45. The quantitative estimate of drug-likeness (QED) is 0.660. The second-order valence-corrected chi connectivity index (χ2v) is 10.3. The molecular formula is C21H28N4O5S. The van der Waals surface area contributed by atoms with E-state index in [1.54, 1.807) is 23.1 Å². The minimum Gasteiger partial charge on any atom is -0.323 e. The number of nitrogens with zero attached hydrogens (tertiary/aromatic N) is 2. The topological polar surface area (TPSA) is 116 Å². The molecule has 168 valence electrons. The van der Waals surface area contributed by atoms with Crippen LogP contribution in [-0.2, 0) is 26.0 Å². The highest BCUT2D eigenvalue weighted by atomic mass is 32.2. The molecule has 1 spiro atoms. The third-order valence-electron chi connectivity index (χ3n) is 6.76. The number of anilines is 1. The van der Waals surface area contributed by atoms with Crippen molar-refractivity contribution in [2.24, 2.45) is 5.92 Å². The number of hydrogen-bond acceptors (Lipinski definition) is 5. The Kier molecular flexibility index (Phi) is 5.55. The molecule has 4 rings (SSSR count). The highest BCUT2D eigenvalue weighted by Crippen LogP contribution is 2.38. The smallest absolute Gasteiger partial charge is 0.322 e. The molecule has 0 atom stereocenters. The average molecular weight is 449 g/mol. The Bertz CT molecular complexity index is 1030. The predicted molar refractivity (Wildman–Crippen MR) is 114 cm³/mol. The highest BCUT2D eigenvalue weighted by Gasteiger charge is 2.49. The first-order valence-corrected chi connectivity index (χ1v) is 12.2. The minimum atomic E-state index is -3.55. The SMILES string of the molecule is CCN(CC)S(=O)(=O)c1ccc2c(c1)CCN2C(=O)C1CCC2(CC1)NC(=O)NC2=O. The Hall–Kier alpha value is -2.46. The Morgan fingerprint density at radius 2 is 1.87 bits per heavy atom. The van der Waals surface area contributed by atoms with Gasteiger partial charge in [-0.1, -0.05) is 13.8 Å². The third kappa shape index (κ3) is 3.61. The molecule has 0 unspecified atom stereocenters. The number of sulfonamides is 1. The molecule has 1 aromatic carbocycles. The first kappa shape index (κ1) is 21.8. The van der Waals surface area contributed by atoms with Crippen LogP contribution >= 0.6 is 0 Å². The molecule has 2 heterocycles. The van der Waals surface area contributed by atoms with Gasteiger partial charge in [-0.05, 0) is 55.9 Å². The van der Waals surface area contributed by atoms with Crippen molar-refractivity contribution >= 4 is 33.6 Å². The monoisotopic (exact) mass is 448 g/mol.